The second kappa shape index (κ2) is 4.53. The van der Waals surface area contributed by atoms with Gasteiger partial charge in [-0.2, -0.15) is 4.98 Å². The van der Waals surface area contributed by atoms with Crippen LogP contribution >= 0.6 is 0 Å². The third-order valence-corrected chi connectivity index (χ3v) is 2.54. The molecule has 2 rings (SSSR count). The lowest BCUT2D eigenvalue weighted by atomic mass is 10.1. The molecule has 0 fully saturated rings. The van der Waals surface area contributed by atoms with Crippen LogP contribution in [0.15, 0.2) is 10.6 Å². The number of rotatable bonds is 2. The van der Waals surface area contributed by atoms with E-state index in [4.69, 9.17) is 10.3 Å². The van der Waals surface area contributed by atoms with Gasteiger partial charge in [0, 0.05) is 11.6 Å². The summed E-state index contributed by atoms with van der Waals surface area (Å²) in [6, 6.07) is 1.86. The molecule has 3 N–H and O–H groups in total. The summed E-state index contributed by atoms with van der Waals surface area (Å²) in [5, 5.41) is 7.21. The zero-order valence-corrected chi connectivity index (χ0v) is 11.9. The molecule has 6 nitrogen and oxygen atoms in total. The maximum Gasteiger partial charge on any atom is 0.222 e. The SMILES string of the molecule is Cc1noc(C)c1-c1cc(NC(C)(C)C)nc(N)n1. The van der Waals surface area contributed by atoms with Gasteiger partial charge in [-0.05, 0) is 34.6 Å². The first kappa shape index (κ1) is 13.3. The van der Waals surface area contributed by atoms with Crippen LogP contribution in [-0.4, -0.2) is 20.7 Å². The summed E-state index contributed by atoms with van der Waals surface area (Å²) in [6.07, 6.45) is 0. The van der Waals surface area contributed by atoms with Crippen molar-refractivity contribution in [3.8, 4) is 11.3 Å². The number of anilines is 2. The summed E-state index contributed by atoms with van der Waals surface area (Å²) < 4.78 is 5.16. The number of aryl methyl sites for hydroxylation is 2. The van der Waals surface area contributed by atoms with E-state index in [-0.39, 0.29) is 11.5 Å². The van der Waals surface area contributed by atoms with Crippen LogP contribution in [0.1, 0.15) is 32.2 Å². The molecule has 0 aliphatic rings. The average Bonchev–Trinajstić information content (AvgIpc) is 2.54. The number of nitrogens with one attached hydrogen (secondary N) is 1. The van der Waals surface area contributed by atoms with Gasteiger partial charge >= 0.3 is 0 Å². The van der Waals surface area contributed by atoms with Crippen LogP contribution in [-0.2, 0) is 0 Å². The number of hydrogen-bond acceptors (Lipinski definition) is 6. The average molecular weight is 261 g/mol. The van der Waals surface area contributed by atoms with Crippen molar-refractivity contribution < 1.29 is 4.52 Å². The molecule has 0 radical (unpaired) electrons. The van der Waals surface area contributed by atoms with E-state index in [2.05, 4.69) is 41.2 Å². The predicted molar refractivity (Wildman–Crippen MR) is 74.8 cm³/mol. The highest BCUT2D eigenvalue weighted by molar-refractivity contribution is 5.67. The largest absolute Gasteiger partial charge is 0.368 e. The van der Waals surface area contributed by atoms with E-state index in [1.54, 1.807) is 0 Å². The third-order valence-electron chi connectivity index (χ3n) is 2.54. The minimum atomic E-state index is -0.100. The zero-order chi connectivity index (χ0) is 14.2. The maximum atomic E-state index is 5.77. The number of nitrogens with two attached hydrogens (primary N) is 1. The highest BCUT2D eigenvalue weighted by Crippen LogP contribution is 2.27. The van der Waals surface area contributed by atoms with Crippen LogP contribution in [0.4, 0.5) is 11.8 Å². The second-order valence-electron chi connectivity index (χ2n) is 5.57. The summed E-state index contributed by atoms with van der Waals surface area (Å²) in [7, 11) is 0. The van der Waals surface area contributed by atoms with E-state index in [1.165, 1.54) is 0 Å². The number of hydrogen-bond donors (Lipinski definition) is 2. The van der Waals surface area contributed by atoms with Crippen molar-refractivity contribution in [2.45, 2.75) is 40.2 Å². The zero-order valence-electron chi connectivity index (χ0n) is 11.9. The molecule has 0 atom stereocenters. The van der Waals surface area contributed by atoms with Gasteiger partial charge in [0.2, 0.25) is 5.95 Å². The van der Waals surface area contributed by atoms with Gasteiger partial charge in [-0.25, -0.2) is 4.98 Å². The molecule has 0 aliphatic heterocycles. The lowest BCUT2D eigenvalue weighted by Gasteiger charge is -2.21. The van der Waals surface area contributed by atoms with Gasteiger partial charge in [0.15, 0.2) is 0 Å². The molecule has 2 aromatic heterocycles. The quantitative estimate of drug-likeness (QED) is 0.863. The second-order valence-corrected chi connectivity index (χ2v) is 5.57. The monoisotopic (exact) mass is 261 g/mol. The highest BCUT2D eigenvalue weighted by Gasteiger charge is 2.17. The molecule has 0 saturated carbocycles. The summed E-state index contributed by atoms with van der Waals surface area (Å²) >= 11 is 0. The molecule has 0 saturated heterocycles. The summed E-state index contributed by atoms with van der Waals surface area (Å²) in [5.41, 5.74) is 8.04. The molecule has 0 bridgehead atoms. The summed E-state index contributed by atoms with van der Waals surface area (Å²) in [4.78, 5) is 8.45. The standard InChI is InChI=1S/C13H19N5O/c1-7-11(8(2)19-18-7)9-6-10(16-12(14)15-9)17-13(3,4)5/h6H,1-5H3,(H3,14,15,16,17). The highest BCUT2D eigenvalue weighted by atomic mass is 16.5. The molecule has 6 heteroatoms. The molecule has 0 amide bonds. The minimum Gasteiger partial charge on any atom is -0.368 e. The molecular formula is C13H19N5O. The van der Waals surface area contributed by atoms with Gasteiger partial charge in [0.25, 0.3) is 0 Å². The molecule has 2 heterocycles. The number of aromatic nitrogens is 3. The van der Waals surface area contributed by atoms with E-state index in [1.807, 2.05) is 19.9 Å². The Hall–Kier alpha value is -2.11. The van der Waals surface area contributed by atoms with Crippen LogP contribution in [0, 0.1) is 13.8 Å². The van der Waals surface area contributed by atoms with Crippen molar-refractivity contribution in [2.24, 2.45) is 0 Å². The van der Waals surface area contributed by atoms with Crippen molar-refractivity contribution >= 4 is 11.8 Å². The first-order valence-electron chi connectivity index (χ1n) is 6.12. The number of nitrogens with zero attached hydrogens (tertiary/aromatic N) is 3. The molecule has 102 valence electrons. The van der Waals surface area contributed by atoms with Crippen molar-refractivity contribution in [1.29, 1.82) is 0 Å². The maximum absolute atomic E-state index is 5.77. The normalized spacial score (nSPS) is 11.6. The van der Waals surface area contributed by atoms with E-state index in [9.17, 15) is 0 Å². The topological polar surface area (TPSA) is 89.9 Å². The minimum absolute atomic E-state index is 0.100. The van der Waals surface area contributed by atoms with Crippen molar-refractivity contribution in [3.63, 3.8) is 0 Å². The fourth-order valence-corrected chi connectivity index (χ4v) is 1.89. The fourth-order valence-electron chi connectivity index (χ4n) is 1.89. The summed E-state index contributed by atoms with van der Waals surface area (Å²) in [5.74, 6) is 1.64. The van der Waals surface area contributed by atoms with Gasteiger partial charge in [0.05, 0.1) is 17.0 Å². The van der Waals surface area contributed by atoms with Gasteiger partial charge in [-0.1, -0.05) is 5.16 Å². The van der Waals surface area contributed by atoms with Crippen LogP contribution in [0.2, 0.25) is 0 Å². The van der Waals surface area contributed by atoms with Gasteiger partial charge in [-0.15, -0.1) is 0 Å². The molecule has 0 unspecified atom stereocenters. The van der Waals surface area contributed by atoms with Crippen molar-refractivity contribution in [3.05, 3.63) is 17.5 Å². The first-order chi connectivity index (χ1) is 8.76. The first-order valence-corrected chi connectivity index (χ1v) is 6.12. The lowest BCUT2D eigenvalue weighted by Crippen LogP contribution is -2.27. The van der Waals surface area contributed by atoms with E-state index in [0.29, 0.717) is 5.82 Å². The van der Waals surface area contributed by atoms with E-state index >= 15 is 0 Å². The van der Waals surface area contributed by atoms with Gasteiger partial charge in [-0.3, -0.25) is 0 Å². The van der Waals surface area contributed by atoms with E-state index in [0.717, 1.165) is 22.7 Å². The molecule has 0 aliphatic carbocycles. The van der Waals surface area contributed by atoms with Crippen LogP contribution in [0.5, 0.6) is 0 Å². The van der Waals surface area contributed by atoms with Crippen molar-refractivity contribution in [1.82, 2.24) is 15.1 Å². The fraction of sp³-hybridized carbons (Fsp3) is 0.462. The molecule has 19 heavy (non-hydrogen) atoms. The Morgan fingerprint density at radius 2 is 1.89 bits per heavy atom. The summed E-state index contributed by atoms with van der Waals surface area (Å²) in [6.45, 7) is 9.90. The van der Waals surface area contributed by atoms with Crippen LogP contribution in [0.25, 0.3) is 11.3 Å². The molecular weight excluding hydrogens is 242 g/mol. The molecule has 0 spiro atoms. The Morgan fingerprint density at radius 1 is 1.21 bits per heavy atom. The van der Waals surface area contributed by atoms with Crippen LogP contribution < -0.4 is 11.1 Å². The van der Waals surface area contributed by atoms with E-state index < -0.39 is 0 Å². The Labute approximate surface area is 112 Å². The van der Waals surface area contributed by atoms with Gasteiger partial charge < -0.3 is 15.6 Å². The predicted octanol–water partition coefficient (Wildman–Crippen LogP) is 2.54. The Balaban J connectivity index is 2.48. The number of nitrogen functional groups attached to an aromatic ring is 1. The molecule has 2 aromatic rings. The smallest absolute Gasteiger partial charge is 0.222 e. The van der Waals surface area contributed by atoms with Crippen LogP contribution in [0.3, 0.4) is 0 Å². The Morgan fingerprint density at radius 3 is 2.42 bits per heavy atom. The molecule has 0 aromatic carbocycles. The Kier molecular flexibility index (Phi) is 3.18. The van der Waals surface area contributed by atoms with Gasteiger partial charge in [0.1, 0.15) is 11.6 Å². The third kappa shape index (κ3) is 3.01. The Bertz CT molecular complexity index is 578. The van der Waals surface area contributed by atoms with Crippen molar-refractivity contribution in [2.75, 3.05) is 11.1 Å². The lowest BCUT2D eigenvalue weighted by molar-refractivity contribution is 0.393.